The van der Waals surface area contributed by atoms with E-state index >= 15 is 0 Å². The zero-order valence-corrected chi connectivity index (χ0v) is 21.0. The van der Waals surface area contributed by atoms with Crippen molar-refractivity contribution in [3.05, 3.63) is 82.9 Å². The molecule has 0 aliphatic carbocycles. The van der Waals surface area contributed by atoms with Crippen molar-refractivity contribution in [2.24, 2.45) is 5.73 Å². The highest BCUT2D eigenvalue weighted by Gasteiger charge is 2.30. The van der Waals surface area contributed by atoms with Crippen LogP contribution in [0.3, 0.4) is 0 Å². The van der Waals surface area contributed by atoms with Gasteiger partial charge in [0.05, 0.1) is 10.5 Å². The maximum absolute atomic E-state index is 13.4. The molecule has 1 atom stereocenters. The zero-order chi connectivity index (χ0) is 27.4. The number of nitrogens with two attached hydrogens (primary N) is 1. The average molecular weight is 541 g/mol. The topological polar surface area (TPSA) is 171 Å². The van der Waals surface area contributed by atoms with Gasteiger partial charge < -0.3 is 25.1 Å². The van der Waals surface area contributed by atoms with Crippen molar-refractivity contribution in [1.29, 1.82) is 0 Å². The second-order valence-electron chi connectivity index (χ2n) is 8.35. The first-order chi connectivity index (χ1) is 18.1. The maximum atomic E-state index is 13.4. The Morgan fingerprint density at radius 3 is 2.34 bits per heavy atom. The van der Waals surface area contributed by atoms with Gasteiger partial charge in [0, 0.05) is 11.1 Å². The van der Waals surface area contributed by atoms with Crippen molar-refractivity contribution in [2.75, 3.05) is 6.79 Å². The molecule has 1 unspecified atom stereocenters. The van der Waals surface area contributed by atoms with E-state index < -0.39 is 33.9 Å². The molecule has 12 heteroatoms. The van der Waals surface area contributed by atoms with E-state index in [1.54, 1.807) is 6.07 Å². The van der Waals surface area contributed by atoms with Crippen molar-refractivity contribution in [3.8, 4) is 17.2 Å². The number of hydrogen-bond acceptors (Lipinski definition) is 8. The largest absolute Gasteiger partial charge is 0.478 e. The molecule has 0 fully saturated rings. The Hall–Kier alpha value is -4.58. The number of primary amides is 1. The van der Waals surface area contributed by atoms with Crippen LogP contribution in [0.1, 0.15) is 51.3 Å². The molecule has 4 N–H and O–H groups in total. The number of aromatic carboxylic acids is 1. The van der Waals surface area contributed by atoms with E-state index in [1.807, 2.05) is 11.6 Å². The summed E-state index contributed by atoms with van der Waals surface area (Å²) in [5, 5.41) is 9.37. The van der Waals surface area contributed by atoms with Crippen LogP contribution in [0.15, 0.2) is 65.6 Å². The summed E-state index contributed by atoms with van der Waals surface area (Å²) in [4.78, 5) is 35.9. The number of carboxylic acids is 1. The van der Waals surface area contributed by atoms with Gasteiger partial charge in [0.25, 0.3) is 15.9 Å². The number of carbonyl (C=O) groups excluding carboxylic acids is 2. The van der Waals surface area contributed by atoms with Crippen LogP contribution >= 0.6 is 0 Å². The molecule has 0 saturated carbocycles. The lowest BCUT2D eigenvalue weighted by atomic mass is 10.0. The summed E-state index contributed by atoms with van der Waals surface area (Å²) in [6.07, 6.45) is -0.345. The van der Waals surface area contributed by atoms with Gasteiger partial charge in [0.15, 0.2) is 11.5 Å². The Kier molecular flexibility index (Phi) is 7.53. The molecule has 0 spiro atoms. The van der Waals surface area contributed by atoms with E-state index in [4.69, 9.17) is 19.9 Å². The summed E-state index contributed by atoms with van der Waals surface area (Å²) in [7, 11) is -4.36. The minimum Gasteiger partial charge on any atom is -0.478 e. The number of nitrogens with one attached hydrogen (secondary N) is 1. The fraction of sp³-hybridized carbons (Fsp3) is 0.192. The number of amides is 2. The van der Waals surface area contributed by atoms with Crippen molar-refractivity contribution in [3.63, 3.8) is 0 Å². The molecule has 0 saturated heterocycles. The van der Waals surface area contributed by atoms with Crippen molar-refractivity contribution >= 4 is 27.8 Å². The normalized spacial score (nSPS) is 13.0. The smallest absolute Gasteiger partial charge is 0.335 e. The van der Waals surface area contributed by atoms with E-state index in [1.165, 1.54) is 42.5 Å². The van der Waals surface area contributed by atoms with E-state index in [9.17, 15) is 27.9 Å². The van der Waals surface area contributed by atoms with E-state index in [0.29, 0.717) is 29.9 Å². The summed E-state index contributed by atoms with van der Waals surface area (Å²) < 4.78 is 44.7. The SMILES string of the molecule is CCCc1cc(C(=O)O)ccc1OC(C(=O)NS(=O)(=O)c1ccc(C(N)=O)cc1)c1ccc2c(c1)OCO2. The van der Waals surface area contributed by atoms with Gasteiger partial charge >= 0.3 is 5.97 Å². The Balaban J connectivity index is 1.69. The van der Waals surface area contributed by atoms with Crippen LogP contribution in [-0.4, -0.2) is 38.1 Å². The Morgan fingerprint density at radius 2 is 1.68 bits per heavy atom. The first kappa shape index (κ1) is 26.5. The number of carbonyl (C=O) groups is 3. The molecule has 38 heavy (non-hydrogen) atoms. The number of benzene rings is 3. The van der Waals surface area contributed by atoms with Gasteiger partial charge in [-0.3, -0.25) is 9.59 Å². The molecule has 3 aromatic rings. The number of fused-ring (bicyclic) bond motifs is 1. The van der Waals surface area contributed by atoms with Crippen LogP contribution in [0.5, 0.6) is 17.2 Å². The predicted octanol–water partition coefficient (Wildman–Crippen LogP) is 2.79. The van der Waals surface area contributed by atoms with Gasteiger partial charge in [0.1, 0.15) is 5.75 Å². The van der Waals surface area contributed by atoms with Gasteiger partial charge in [0.2, 0.25) is 18.8 Å². The van der Waals surface area contributed by atoms with Crippen LogP contribution in [0.4, 0.5) is 0 Å². The van der Waals surface area contributed by atoms with Crippen LogP contribution in [0.2, 0.25) is 0 Å². The van der Waals surface area contributed by atoms with Gasteiger partial charge in [-0.15, -0.1) is 0 Å². The molecule has 4 rings (SSSR count). The molecule has 3 aromatic carbocycles. The maximum Gasteiger partial charge on any atom is 0.335 e. The van der Waals surface area contributed by atoms with Crippen LogP contribution < -0.4 is 24.7 Å². The third-order valence-corrected chi connectivity index (χ3v) is 7.06. The molecule has 1 aliphatic heterocycles. The summed E-state index contributed by atoms with van der Waals surface area (Å²) >= 11 is 0. The quantitative estimate of drug-likeness (QED) is 0.350. The highest BCUT2D eigenvalue weighted by atomic mass is 32.2. The van der Waals surface area contributed by atoms with Gasteiger partial charge in [-0.25, -0.2) is 17.9 Å². The minimum atomic E-state index is -4.36. The van der Waals surface area contributed by atoms with Crippen LogP contribution in [0, 0.1) is 0 Å². The third-order valence-electron chi connectivity index (χ3n) is 5.69. The van der Waals surface area contributed by atoms with E-state index in [2.05, 4.69) is 0 Å². The van der Waals surface area contributed by atoms with E-state index in [-0.39, 0.29) is 34.1 Å². The number of sulfonamides is 1. The number of aryl methyl sites for hydroxylation is 1. The highest BCUT2D eigenvalue weighted by Crippen LogP contribution is 2.36. The Bertz CT molecular complexity index is 1500. The lowest BCUT2D eigenvalue weighted by Crippen LogP contribution is -2.37. The van der Waals surface area contributed by atoms with Crippen molar-refractivity contribution < 1.29 is 42.1 Å². The van der Waals surface area contributed by atoms with Crippen LogP contribution in [-0.2, 0) is 21.2 Å². The molecule has 198 valence electrons. The zero-order valence-electron chi connectivity index (χ0n) is 20.2. The number of hydrogen-bond donors (Lipinski definition) is 3. The molecule has 0 aromatic heterocycles. The average Bonchev–Trinajstić information content (AvgIpc) is 3.35. The molecule has 0 bridgehead atoms. The molecular weight excluding hydrogens is 516 g/mol. The molecule has 0 radical (unpaired) electrons. The standard InChI is InChI=1S/C26H24N2O9S/c1-2-3-16-12-18(26(31)32)7-10-20(16)37-23(17-6-11-21-22(13-17)36-14-35-21)25(30)28-38(33,34)19-8-4-15(5-9-19)24(27)29/h4-13,23H,2-3,14H2,1H3,(H2,27,29)(H,28,30)(H,31,32). The monoisotopic (exact) mass is 540 g/mol. The molecule has 1 aliphatic rings. The predicted molar refractivity (Wildman–Crippen MR) is 134 cm³/mol. The molecular formula is C26H24N2O9S. The number of ether oxygens (including phenoxy) is 3. The molecule has 2 amide bonds. The Labute approximate surface area is 218 Å². The van der Waals surface area contributed by atoms with E-state index in [0.717, 1.165) is 12.1 Å². The van der Waals surface area contributed by atoms with Gasteiger partial charge in [-0.05, 0) is 66.6 Å². The first-order valence-corrected chi connectivity index (χ1v) is 13.0. The molecule has 1 heterocycles. The fourth-order valence-corrected chi connectivity index (χ4v) is 4.80. The second-order valence-corrected chi connectivity index (χ2v) is 10.0. The highest BCUT2D eigenvalue weighted by molar-refractivity contribution is 7.90. The molecule has 11 nitrogen and oxygen atoms in total. The van der Waals surface area contributed by atoms with Gasteiger partial charge in [-0.1, -0.05) is 19.4 Å². The minimum absolute atomic E-state index is 0.0104. The lowest BCUT2D eigenvalue weighted by molar-refractivity contribution is -0.126. The summed E-state index contributed by atoms with van der Waals surface area (Å²) in [6, 6.07) is 13.6. The van der Waals surface area contributed by atoms with Crippen molar-refractivity contribution in [1.82, 2.24) is 4.72 Å². The number of carboxylic acid groups (broad SMARTS) is 1. The number of rotatable bonds is 10. The fourth-order valence-electron chi connectivity index (χ4n) is 3.81. The third kappa shape index (κ3) is 5.70. The lowest BCUT2D eigenvalue weighted by Gasteiger charge is -2.21. The first-order valence-electron chi connectivity index (χ1n) is 11.5. The summed E-state index contributed by atoms with van der Waals surface area (Å²) in [5.74, 6) is -1.83. The Morgan fingerprint density at radius 1 is 1.00 bits per heavy atom. The summed E-state index contributed by atoms with van der Waals surface area (Å²) in [5.41, 5.74) is 6.16. The van der Waals surface area contributed by atoms with Crippen LogP contribution in [0.25, 0.3) is 0 Å². The van der Waals surface area contributed by atoms with Crippen molar-refractivity contribution in [2.45, 2.75) is 30.8 Å². The van der Waals surface area contributed by atoms with Gasteiger partial charge in [-0.2, -0.15) is 0 Å². The summed E-state index contributed by atoms with van der Waals surface area (Å²) in [6.45, 7) is 1.89. The second kappa shape index (κ2) is 10.8.